The molecule has 7 N–H and O–H groups in total. The summed E-state index contributed by atoms with van der Waals surface area (Å²) in [4.78, 5) is 63.3. The number of anilines is 2. The lowest BCUT2D eigenvalue weighted by Gasteiger charge is -2.38. The molecule has 2 fully saturated rings. The smallest absolute Gasteiger partial charge is 0.269 e. The molecule has 15 nitrogen and oxygen atoms in total. The van der Waals surface area contributed by atoms with Crippen LogP contribution in [-0.4, -0.2) is 111 Å². The minimum Gasteiger partial charge on any atom is -0.391 e. The Morgan fingerprint density at radius 1 is 1.06 bits per heavy atom. The molecule has 2 saturated heterocycles. The lowest BCUT2D eigenvalue weighted by molar-refractivity contribution is -0.144. The standard InChI is InChI=1S/C34H46N10O5S/c1-19(21-6-8-22(9-7-21)28-20(2)37-18-50-28)38-32(48)26-14-23(45)16-44(26)33(49)29(34(3,4)5)39-27(46)17-42-10-12-43(13-11-42)25-15-24(31(36)47)40-41-30(25)35/h6-9,15,18-19,23,26,29,45H,10-14,16-17H2,1-5H3,(H2,35,41)(H2,36,47)(H,38,48)(H,39,46)/t19-,23+,26-,29+/m0/s1. The van der Waals surface area contributed by atoms with Crippen molar-refractivity contribution in [3.63, 3.8) is 0 Å². The minimum atomic E-state index is -0.938. The molecule has 0 saturated carbocycles. The lowest BCUT2D eigenvalue weighted by Crippen LogP contribution is -2.59. The van der Waals surface area contributed by atoms with Crippen LogP contribution in [0.2, 0.25) is 0 Å². The Morgan fingerprint density at radius 3 is 2.34 bits per heavy atom. The summed E-state index contributed by atoms with van der Waals surface area (Å²) in [5.74, 6) is -1.65. The van der Waals surface area contributed by atoms with Gasteiger partial charge in [-0.1, -0.05) is 45.0 Å². The summed E-state index contributed by atoms with van der Waals surface area (Å²) in [6.45, 7) is 11.5. The van der Waals surface area contributed by atoms with Gasteiger partial charge in [-0.25, -0.2) is 4.98 Å². The Bertz CT molecular complexity index is 1720. The molecular formula is C34H46N10O5S. The van der Waals surface area contributed by atoms with Crippen molar-refractivity contribution in [2.75, 3.05) is 49.9 Å². The van der Waals surface area contributed by atoms with Gasteiger partial charge in [-0.05, 0) is 36.5 Å². The number of rotatable bonds is 10. The third-order valence-electron chi connectivity index (χ3n) is 9.19. The van der Waals surface area contributed by atoms with Crippen molar-refractivity contribution in [1.82, 2.24) is 35.6 Å². The second-order valence-electron chi connectivity index (χ2n) is 14.0. The van der Waals surface area contributed by atoms with Crippen LogP contribution in [0.4, 0.5) is 11.5 Å². The molecule has 0 spiro atoms. The van der Waals surface area contributed by atoms with E-state index in [0.717, 1.165) is 21.7 Å². The molecule has 2 aliphatic heterocycles. The van der Waals surface area contributed by atoms with E-state index in [1.54, 1.807) is 11.3 Å². The molecule has 50 heavy (non-hydrogen) atoms. The molecule has 0 bridgehead atoms. The Kier molecular flexibility index (Phi) is 11.0. The summed E-state index contributed by atoms with van der Waals surface area (Å²) in [7, 11) is 0. The molecule has 2 aliphatic rings. The van der Waals surface area contributed by atoms with Crippen LogP contribution in [-0.2, 0) is 14.4 Å². The molecule has 2 aromatic heterocycles. The van der Waals surface area contributed by atoms with E-state index in [0.29, 0.717) is 31.9 Å². The first-order chi connectivity index (χ1) is 23.6. The maximum atomic E-state index is 14.1. The van der Waals surface area contributed by atoms with Gasteiger partial charge in [0, 0.05) is 39.1 Å². The second-order valence-corrected chi connectivity index (χ2v) is 14.9. The molecule has 3 aromatic rings. The maximum Gasteiger partial charge on any atom is 0.269 e. The fourth-order valence-corrected chi connectivity index (χ4v) is 7.15. The number of aliphatic hydroxyl groups excluding tert-OH is 1. The van der Waals surface area contributed by atoms with Gasteiger partial charge in [0.2, 0.25) is 17.7 Å². The monoisotopic (exact) mass is 706 g/mol. The van der Waals surface area contributed by atoms with E-state index in [1.807, 2.05) is 74.2 Å². The number of carbonyl (C=O) groups is 4. The zero-order valence-corrected chi connectivity index (χ0v) is 29.9. The number of nitrogens with zero attached hydrogens (tertiary/aromatic N) is 6. The average Bonchev–Trinajstić information content (AvgIpc) is 3.68. The van der Waals surface area contributed by atoms with Crippen molar-refractivity contribution in [3.05, 3.63) is 52.8 Å². The highest BCUT2D eigenvalue weighted by Gasteiger charge is 2.44. The van der Waals surface area contributed by atoms with Crippen LogP contribution < -0.4 is 27.0 Å². The first-order valence-corrected chi connectivity index (χ1v) is 17.5. The predicted molar refractivity (Wildman–Crippen MR) is 190 cm³/mol. The van der Waals surface area contributed by atoms with E-state index in [9.17, 15) is 24.3 Å². The van der Waals surface area contributed by atoms with Gasteiger partial charge in [0.1, 0.15) is 12.1 Å². The zero-order chi connectivity index (χ0) is 36.3. The van der Waals surface area contributed by atoms with Crippen molar-refractivity contribution < 1.29 is 24.3 Å². The van der Waals surface area contributed by atoms with Crippen LogP contribution in [0.15, 0.2) is 35.8 Å². The topological polar surface area (TPSA) is 213 Å². The maximum absolute atomic E-state index is 14.1. The number of carbonyl (C=O) groups excluding carboxylic acids is 4. The number of hydrogen-bond donors (Lipinski definition) is 5. The summed E-state index contributed by atoms with van der Waals surface area (Å²) in [5.41, 5.74) is 16.0. The number of piperazine rings is 1. The van der Waals surface area contributed by atoms with E-state index >= 15 is 0 Å². The van der Waals surface area contributed by atoms with Gasteiger partial charge in [-0.3, -0.25) is 24.1 Å². The number of primary amides is 1. The number of aliphatic hydroxyl groups is 1. The number of benzene rings is 1. The van der Waals surface area contributed by atoms with Gasteiger partial charge in [-0.2, -0.15) is 0 Å². The third kappa shape index (κ3) is 8.37. The molecule has 4 amide bonds. The van der Waals surface area contributed by atoms with Gasteiger partial charge in [0.05, 0.1) is 40.5 Å². The molecule has 5 rings (SSSR count). The number of hydrogen-bond acceptors (Lipinski definition) is 12. The van der Waals surface area contributed by atoms with Crippen LogP contribution in [0, 0.1) is 12.3 Å². The molecule has 0 aliphatic carbocycles. The van der Waals surface area contributed by atoms with Crippen molar-refractivity contribution >= 4 is 46.5 Å². The predicted octanol–water partition coefficient (Wildman–Crippen LogP) is 1.08. The van der Waals surface area contributed by atoms with E-state index in [2.05, 4.69) is 25.8 Å². The highest BCUT2D eigenvalue weighted by Crippen LogP contribution is 2.30. The fraction of sp³-hybridized carbons (Fsp3) is 0.500. The first kappa shape index (κ1) is 36.6. The van der Waals surface area contributed by atoms with Gasteiger partial charge in [0.25, 0.3) is 5.91 Å². The normalized spacial score (nSPS) is 19.6. The summed E-state index contributed by atoms with van der Waals surface area (Å²) >= 11 is 1.57. The number of amides is 4. The van der Waals surface area contributed by atoms with E-state index in [1.165, 1.54) is 11.0 Å². The quantitative estimate of drug-likeness (QED) is 0.201. The first-order valence-electron chi connectivity index (χ1n) is 16.6. The Morgan fingerprint density at radius 2 is 1.74 bits per heavy atom. The highest BCUT2D eigenvalue weighted by molar-refractivity contribution is 7.13. The molecule has 0 radical (unpaired) electrons. The van der Waals surface area contributed by atoms with Crippen LogP contribution in [0.1, 0.15) is 61.9 Å². The molecule has 268 valence electrons. The number of nitrogens with two attached hydrogens (primary N) is 2. The third-order valence-corrected chi connectivity index (χ3v) is 10.2. The highest BCUT2D eigenvalue weighted by atomic mass is 32.1. The summed E-state index contributed by atoms with van der Waals surface area (Å²) in [6, 6.07) is 7.26. The summed E-state index contributed by atoms with van der Waals surface area (Å²) < 4.78 is 0. The molecule has 16 heteroatoms. The Hall–Kier alpha value is -4.67. The Labute approximate surface area is 295 Å². The van der Waals surface area contributed by atoms with Crippen LogP contribution >= 0.6 is 11.3 Å². The van der Waals surface area contributed by atoms with Crippen LogP contribution in [0.5, 0.6) is 0 Å². The molecule has 1 aromatic carbocycles. The van der Waals surface area contributed by atoms with Crippen molar-refractivity contribution in [2.24, 2.45) is 11.1 Å². The van der Waals surface area contributed by atoms with Crippen molar-refractivity contribution in [2.45, 2.75) is 65.3 Å². The second kappa shape index (κ2) is 15.1. The molecule has 0 unspecified atom stereocenters. The number of thiazole rings is 1. The number of likely N-dealkylation sites (tertiary alicyclic amines) is 1. The number of nitrogens with one attached hydrogen (secondary N) is 2. The van der Waals surface area contributed by atoms with Gasteiger partial charge < -0.3 is 37.0 Å². The van der Waals surface area contributed by atoms with Gasteiger partial charge in [0.15, 0.2) is 11.5 Å². The van der Waals surface area contributed by atoms with Gasteiger partial charge >= 0.3 is 0 Å². The number of β-amino-alcohol motifs (C(OH)–C–C–N with tert-alkyl or cyclic N) is 1. The van der Waals surface area contributed by atoms with Gasteiger partial charge in [-0.15, -0.1) is 21.5 Å². The lowest BCUT2D eigenvalue weighted by atomic mass is 9.85. The van der Waals surface area contributed by atoms with E-state index < -0.39 is 35.4 Å². The average molecular weight is 707 g/mol. The largest absolute Gasteiger partial charge is 0.391 e. The summed E-state index contributed by atoms with van der Waals surface area (Å²) in [5, 5.41) is 24.1. The SMILES string of the molecule is Cc1ncsc1-c1ccc([C@H](C)NC(=O)[C@@H]2C[C@@H](O)CN2C(=O)[C@@H](NC(=O)CN2CCN(c3cc(C(N)=O)nnc3N)CC2)C(C)(C)C)cc1. The zero-order valence-electron chi connectivity index (χ0n) is 29.0. The number of aromatic nitrogens is 3. The van der Waals surface area contributed by atoms with Crippen LogP contribution in [0.3, 0.4) is 0 Å². The minimum absolute atomic E-state index is 0.0108. The van der Waals surface area contributed by atoms with E-state index in [4.69, 9.17) is 11.5 Å². The van der Waals surface area contributed by atoms with Crippen molar-refractivity contribution in [1.29, 1.82) is 0 Å². The fourth-order valence-electron chi connectivity index (χ4n) is 6.34. The number of aryl methyl sites for hydroxylation is 1. The molecule has 4 atom stereocenters. The summed E-state index contributed by atoms with van der Waals surface area (Å²) in [6.07, 6.45) is -0.773. The van der Waals surface area contributed by atoms with E-state index in [-0.39, 0.29) is 48.9 Å². The number of nitrogen functional groups attached to an aromatic ring is 1. The van der Waals surface area contributed by atoms with Crippen LogP contribution in [0.25, 0.3) is 10.4 Å². The Balaban J connectivity index is 1.19. The van der Waals surface area contributed by atoms with Crippen molar-refractivity contribution in [3.8, 4) is 10.4 Å². The molecular weight excluding hydrogens is 661 g/mol. The molecule has 4 heterocycles.